The van der Waals surface area contributed by atoms with Gasteiger partial charge in [-0.1, -0.05) is 0 Å². The van der Waals surface area contributed by atoms with Crippen LogP contribution in [0.15, 0.2) is 0 Å². The van der Waals surface area contributed by atoms with Crippen molar-refractivity contribution in [1.82, 2.24) is 9.80 Å². The second-order valence-corrected chi connectivity index (χ2v) is 4.66. The molecule has 2 fully saturated rings. The van der Waals surface area contributed by atoms with Crippen LogP contribution >= 0.6 is 11.6 Å². The summed E-state index contributed by atoms with van der Waals surface area (Å²) in [5.41, 5.74) is 0. The summed E-state index contributed by atoms with van der Waals surface area (Å²) in [7, 11) is 0. The average molecular weight is 247 g/mol. The van der Waals surface area contributed by atoms with Gasteiger partial charge < -0.3 is 9.64 Å². The van der Waals surface area contributed by atoms with Gasteiger partial charge in [-0.25, -0.2) is 0 Å². The number of halogens is 1. The lowest BCUT2D eigenvalue weighted by molar-refractivity contribution is -0.130. The molecule has 4 nitrogen and oxygen atoms in total. The van der Waals surface area contributed by atoms with Gasteiger partial charge >= 0.3 is 0 Å². The minimum Gasteiger partial charge on any atom is -0.381 e. The number of piperazine rings is 1. The van der Waals surface area contributed by atoms with Crippen LogP contribution in [-0.4, -0.2) is 67.0 Å². The summed E-state index contributed by atoms with van der Waals surface area (Å²) in [5, 5.41) is 0. The molecule has 0 atom stereocenters. The minimum atomic E-state index is 0.0632. The highest BCUT2D eigenvalue weighted by molar-refractivity contribution is 6.27. The zero-order valence-corrected chi connectivity index (χ0v) is 10.3. The summed E-state index contributed by atoms with van der Waals surface area (Å²) in [6, 6.07) is 0.655. The van der Waals surface area contributed by atoms with Crippen LogP contribution in [-0.2, 0) is 9.53 Å². The maximum absolute atomic E-state index is 11.4. The second-order valence-electron chi connectivity index (χ2n) is 4.39. The first-order valence-corrected chi connectivity index (χ1v) is 6.50. The van der Waals surface area contributed by atoms with E-state index in [-0.39, 0.29) is 11.8 Å². The molecule has 0 aliphatic carbocycles. The van der Waals surface area contributed by atoms with Crippen molar-refractivity contribution in [2.45, 2.75) is 18.9 Å². The van der Waals surface area contributed by atoms with Crippen LogP contribution in [0.2, 0.25) is 0 Å². The van der Waals surface area contributed by atoms with Gasteiger partial charge in [0.1, 0.15) is 5.88 Å². The molecule has 1 amide bonds. The number of hydrogen-bond donors (Lipinski definition) is 0. The number of rotatable bonds is 2. The van der Waals surface area contributed by atoms with Gasteiger partial charge in [-0.3, -0.25) is 9.69 Å². The molecule has 0 radical (unpaired) electrons. The molecule has 2 rings (SSSR count). The fraction of sp³-hybridized carbons (Fsp3) is 0.909. The SMILES string of the molecule is O=C(CCl)N1CCN(C2CCOCC2)CC1. The van der Waals surface area contributed by atoms with Gasteiger partial charge in [-0.15, -0.1) is 11.6 Å². The fourth-order valence-corrected chi connectivity index (χ4v) is 2.64. The Morgan fingerprint density at radius 1 is 1.19 bits per heavy atom. The van der Waals surface area contributed by atoms with E-state index in [9.17, 15) is 4.79 Å². The highest BCUT2D eigenvalue weighted by Gasteiger charge is 2.26. The Morgan fingerprint density at radius 3 is 2.38 bits per heavy atom. The maximum atomic E-state index is 11.4. The van der Waals surface area contributed by atoms with Crippen LogP contribution in [0.25, 0.3) is 0 Å². The number of ether oxygens (including phenoxy) is 1. The largest absolute Gasteiger partial charge is 0.381 e. The number of alkyl halides is 1. The molecule has 0 spiro atoms. The Labute approximate surface area is 101 Å². The fourth-order valence-electron chi connectivity index (χ4n) is 2.47. The summed E-state index contributed by atoms with van der Waals surface area (Å²) in [4.78, 5) is 15.8. The molecule has 5 heteroatoms. The normalized spacial score (nSPS) is 24.7. The molecule has 2 saturated heterocycles. The van der Waals surface area contributed by atoms with Gasteiger partial charge in [0, 0.05) is 45.4 Å². The van der Waals surface area contributed by atoms with E-state index in [0.29, 0.717) is 6.04 Å². The molecule has 0 saturated carbocycles. The van der Waals surface area contributed by atoms with Crippen molar-refractivity contribution in [3.8, 4) is 0 Å². The standard InChI is InChI=1S/C11H19ClN2O2/c12-9-11(15)14-5-3-13(4-6-14)10-1-7-16-8-2-10/h10H,1-9H2. The summed E-state index contributed by atoms with van der Waals surface area (Å²) in [6.45, 7) is 5.36. The summed E-state index contributed by atoms with van der Waals surface area (Å²) in [5.74, 6) is 0.172. The average Bonchev–Trinajstić information content (AvgIpc) is 2.39. The van der Waals surface area contributed by atoms with Gasteiger partial charge in [0.05, 0.1) is 0 Å². The molecule has 0 bridgehead atoms. The molecule has 0 unspecified atom stereocenters. The summed E-state index contributed by atoms with van der Waals surface area (Å²) < 4.78 is 5.36. The molecular formula is C11H19ClN2O2. The van der Waals surface area contributed by atoms with Crippen molar-refractivity contribution in [2.24, 2.45) is 0 Å². The Kier molecular flexibility index (Phi) is 4.44. The predicted octanol–water partition coefficient (Wildman–Crippen LogP) is 0.548. The molecule has 2 aliphatic rings. The third-order valence-electron chi connectivity index (χ3n) is 3.49. The van der Waals surface area contributed by atoms with E-state index in [4.69, 9.17) is 16.3 Å². The van der Waals surface area contributed by atoms with E-state index < -0.39 is 0 Å². The van der Waals surface area contributed by atoms with Crippen LogP contribution in [0.4, 0.5) is 0 Å². The van der Waals surface area contributed by atoms with Crippen molar-refractivity contribution in [3.63, 3.8) is 0 Å². The lowest BCUT2D eigenvalue weighted by atomic mass is 10.1. The number of amides is 1. The first-order chi connectivity index (χ1) is 7.81. The highest BCUT2D eigenvalue weighted by atomic mass is 35.5. The van der Waals surface area contributed by atoms with Gasteiger partial charge in [-0.2, -0.15) is 0 Å². The Balaban J connectivity index is 1.78. The zero-order chi connectivity index (χ0) is 11.4. The van der Waals surface area contributed by atoms with E-state index in [1.165, 1.54) is 0 Å². The quantitative estimate of drug-likeness (QED) is 0.667. The maximum Gasteiger partial charge on any atom is 0.237 e. The molecular weight excluding hydrogens is 228 g/mol. The van der Waals surface area contributed by atoms with Crippen molar-refractivity contribution in [2.75, 3.05) is 45.3 Å². The van der Waals surface area contributed by atoms with Crippen molar-refractivity contribution < 1.29 is 9.53 Å². The smallest absolute Gasteiger partial charge is 0.237 e. The molecule has 0 N–H and O–H groups in total. The van der Waals surface area contributed by atoms with E-state index in [0.717, 1.165) is 52.2 Å². The van der Waals surface area contributed by atoms with Crippen molar-refractivity contribution >= 4 is 17.5 Å². The van der Waals surface area contributed by atoms with E-state index in [1.807, 2.05) is 4.90 Å². The number of carbonyl (C=O) groups excluding carboxylic acids is 1. The summed E-state index contributed by atoms with van der Waals surface area (Å²) >= 11 is 5.55. The van der Waals surface area contributed by atoms with Crippen LogP contribution in [0.5, 0.6) is 0 Å². The third-order valence-corrected chi connectivity index (χ3v) is 3.72. The number of hydrogen-bond acceptors (Lipinski definition) is 3. The molecule has 0 aromatic heterocycles. The monoisotopic (exact) mass is 246 g/mol. The van der Waals surface area contributed by atoms with Gasteiger partial charge in [0.2, 0.25) is 5.91 Å². The summed E-state index contributed by atoms with van der Waals surface area (Å²) in [6.07, 6.45) is 2.26. The molecule has 2 heterocycles. The zero-order valence-electron chi connectivity index (χ0n) is 9.53. The molecule has 0 aromatic rings. The number of nitrogens with zero attached hydrogens (tertiary/aromatic N) is 2. The van der Waals surface area contributed by atoms with Crippen molar-refractivity contribution in [3.05, 3.63) is 0 Å². The Bertz CT molecular complexity index is 236. The second kappa shape index (κ2) is 5.84. The van der Waals surface area contributed by atoms with Crippen LogP contribution < -0.4 is 0 Å². The molecule has 0 aromatic carbocycles. The molecule has 16 heavy (non-hydrogen) atoms. The highest BCUT2D eigenvalue weighted by Crippen LogP contribution is 2.16. The molecule has 2 aliphatic heterocycles. The van der Waals surface area contributed by atoms with Crippen molar-refractivity contribution in [1.29, 1.82) is 0 Å². The first kappa shape index (κ1) is 12.1. The van der Waals surface area contributed by atoms with E-state index in [1.54, 1.807) is 0 Å². The first-order valence-electron chi connectivity index (χ1n) is 5.97. The van der Waals surface area contributed by atoms with Gasteiger partial charge in [-0.05, 0) is 12.8 Å². The van der Waals surface area contributed by atoms with Gasteiger partial charge in [0.15, 0.2) is 0 Å². The Hall–Kier alpha value is -0.320. The van der Waals surface area contributed by atoms with Crippen LogP contribution in [0.1, 0.15) is 12.8 Å². The van der Waals surface area contributed by atoms with E-state index in [2.05, 4.69) is 4.90 Å². The minimum absolute atomic E-state index is 0.0632. The van der Waals surface area contributed by atoms with Crippen LogP contribution in [0, 0.1) is 0 Å². The topological polar surface area (TPSA) is 32.8 Å². The molecule has 92 valence electrons. The lowest BCUT2D eigenvalue weighted by Crippen LogP contribution is -2.53. The van der Waals surface area contributed by atoms with Gasteiger partial charge in [0.25, 0.3) is 0 Å². The third kappa shape index (κ3) is 2.87. The number of carbonyl (C=O) groups is 1. The Morgan fingerprint density at radius 2 is 1.81 bits per heavy atom. The lowest BCUT2D eigenvalue weighted by Gasteiger charge is -2.40. The van der Waals surface area contributed by atoms with E-state index >= 15 is 0 Å². The predicted molar refractivity (Wildman–Crippen MR) is 62.7 cm³/mol. The van der Waals surface area contributed by atoms with Crippen LogP contribution in [0.3, 0.4) is 0 Å².